The van der Waals surface area contributed by atoms with E-state index in [0.717, 1.165) is 0 Å². The summed E-state index contributed by atoms with van der Waals surface area (Å²) in [5.41, 5.74) is 1.99. The molecule has 0 aliphatic rings. The number of hydrogen-bond acceptors (Lipinski definition) is 4. The molecule has 0 aliphatic heterocycles. The van der Waals surface area contributed by atoms with Gasteiger partial charge in [0, 0.05) is 10.6 Å². The molecule has 0 spiro atoms. The first-order valence-corrected chi connectivity index (χ1v) is 8.67. The fourth-order valence-electron chi connectivity index (χ4n) is 2.91. The molecule has 5 rings (SSSR count). The largest absolute Gasteiger partial charge is 0.216 e. The average molecular weight is 399 g/mol. The SMILES string of the molecule is Fc1ccccc1-n1ncc2c1ncn1nc(-c3ccc(Cl)cc3Cl)nc21. The zero-order chi connectivity index (χ0) is 18.5. The van der Waals surface area contributed by atoms with Gasteiger partial charge in [-0.2, -0.15) is 5.10 Å². The summed E-state index contributed by atoms with van der Waals surface area (Å²) in [5.74, 6) is 0.0453. The van der Waals surface area contributed by atoms with Gasteiger partial charge in [0.25, 0.3) is 0 Å². The van der Waals surface area contributed by atoms with Crippen LogP contribution >= 0.6 is 23.2 Å². The number of para-hydroxylation sites is 1. The number of benzene rings is 2. The van der Waals surface area contributed by atoms with E-state index in [9.17, 15) is 4.39 Å². The van der Waals surface area contributed by atoms with Crippen molar-refractivity contribution in [3.63, 3.8) is 0 Å². The molecule has 0 N–H and O–H groups in total. The van der Waals surface area contributed by atoms with Crippen LogP contribution in [0.4, 0.5) is 4.39 Å². The molecule has 0 atom stereocenters. The molecular weight excluding hydrogens is 390 g/mol. The van der Waals surface area contributed by atoms with Crippen molar-refractivity contribution in [3.05, 3.63) is 70.9 Å². The Morgan fingerprint density at radius 1 is 1.00 bits per heavy atom. The highest BCUT2D eigenvalue weighted by Crippen LogP contribution is 2.29. The van der Waals surface area contributed by atoms with E-state index in [4.69, 9.17) is 23.2 Å². The Kier molecular flexibility index (Phi) is 3.60. The summed E-state index contributed by atoms with van der Waals surface area (Å²) in [6, 6.07) is 11.5. The fraction of sp³-hybridized carbons (Fsp3) is 0. The first-order chi connectivity index (χ1) is 13.1. The number of nitrogens with zero attached hydrogens (tertiary/aromatic N) is 6. The maximum absolute atomic E-state index is 14.1. The number of fused-ring (bicyclic) bond motifs is 3. The predicted octanol–water partition coefficient (Wildman–Crippen LogP) is 4.58. The Bertz CT molecular complexity index is 1330. The van der Waals surface area contributed by atoms with Gasteiger partial charge in [0.2, 0.25) is 0 Å². The second-order valence-corrected chi connectivity index (χ2v) is 6.66. The zero-order valence-electron chi connectivity index (χ0n) is 13.5. The lowest BCUT2D eigenvalue weighted by Crippen LogP contribution is -2.01. The van der Waals surface area contributed by atoms with Crippen LogP contribution in [0.3, 0.4) is 0 Å². The van der Waals surface area contributed by atoms with Gasteiger partial charge in [-0.25, -0.2) is 23.6 Å². The Labute approximate surface area is 161 Å². The quantitative estimate of drug-likeness (QED) is 0.436. The molecule has 3 heterocycles. The van der Waals surface area contributed by atoms with Crippen LogP contribution in [0.25, 0.3) is 33.8 Å². The van der Waals surface area contributed by atoms with Crippen molar-refractivity contribution in [1.82, 2.24) is 29.4 Å². The van der Waals surface area contributed by atoms with Crippen LogP contribution in [0.2, 0.25) is 10.0 Å². The molecule has 0 aliphatic carbocycles. The second kappa shape index (κ2) is 6.00. The average Bonchev–Trinajstić information content (AvgIpc) is 3.25. The molecule has 9 heteroatoms. The van der Waals surface area contributed by atoms with Crippen LogP contribution < -0.4 is 0 Å². The van der Waals surface area contributed by atoms with Crippen molar-refractivity contribution >= 4 is 39.9 Å². The topological polar surface area (TPSA) is 60.9 Å². The van der Waals surface area contributed by atoms with Crippen LogP contribution in [0.15, 0.2) is 55.0 Å². The third-order valence-electron chi connectivity index (χ3n) is 4.16. The summed E-state index contributed by atoms with van der Waals surface area (Å²) in [6.45, 7) is 0. The first kappa shape index (κ1) is 16.2. The van der Waals surface area contributed by atoms with E-state index < -0.39 is 0 Å². The van der Waals surface area contributed by atoms with E-state index in [1.165, 1.54) is 21.6 Å². The minimum atomic E-state index is -0.390. The van der Waals surface area contributed by atoms with Gasteiger partial charge < -0.3 is 0 Å². The summed E-state index contributed by atoms with van der Waals surface area (Å²) in [7, 11) is 0. The van der Waals surface area contributed by atoms with Gasteiger partial charge in [-0.3, -0.25) is 0 Å². The van der Waals surface area contributed by atoms with Crippen molar-refractivity contribution in [2.75, 3.05) is 0 Å². The van der Waals surface area contributed by atoms with Crippen LogP contribution in [0.5, 0.6) is 0 Å². The van der Waals surface area contributed by atoms with Gasteiger partial charge in [0.15, 0.2) is 17.1 Å². The van der Waals surface area contributed by atoms with Crippen molar-refractivity contribution in [1.29, 1.82) is 0 Å². The summed E-state index contributed by atoms with van der Waals surface area (Å²) >= 11 is 12.2. The molecule has 0 unspecified atom stereocenters. The van der Waals surface area contributed by atoms with Crippen LogP contribution in [0.1, 0.15) is 0 Å². The third-order valence-corrected chi connectivity index (χ3v) is 4.71. The van der Waals surface area contributed by atoms with Gasteiger partial charge in [0.05, 0.1) is 16.6 Å². The Morgan fingerprint density at radius 3 is 2.67 bits per heavy atom. The standard InChI is InChI=1S/C18H9Cl2FN6/c19-10-5-6-11(13(20)7-10)16-24-18-12-8-23-27(15-4-2-1-3-14(15)21)17(12)22-9-26(18)25-16/h1-9H. The van der Waals surface area contributed by atoms with Crippen molar-refractivity contribution in [2.45, 2.75) is 0 Å². The van der Waals surface area contributed by atoms with Crippen molar-refractivity contribution in [2.24, 2.45) is 0 Å². The van der Waals surface area contributed by atoms with Crippen molar-refractivity contribution < 1.29 is 4.39 Å². The van der Waals surface area contributed by atoms with E-state index in [0.29, 0.717) is 43.8 Å². The number of halogens is 3. The zero-order valence-corrected chi connectivity index (χ0v) is 15.0. The van der Waals surface area contributed by atoms with E-state index in [2.05, 4.69) is 20.2 Å². The van der Waals surface area contributed by atoms with E-state index >= 15 is 0 Å². The number of hydrogen-bond donors (Lipinski definition) is 0. The van der Waals surface area contributed by atoms with E-state index in [1.54, 1.807) is 42.6 Å². The highest BCUT2D eigenvalue weighted by atomic mass is 35.5. The highest BCUT2D eigenvalue weighted by Gasteiger charge is 2.17. The predicted molar refractivity (Wildman–Crippen MR) is 101 cm³/mol. The summed E-state index contributed by atoms with van der Waals surface area (Å²) < 4.78 is 17.1. The van der Waals surface area contributed by atoms with Crippen molar-refractivity contribution in [3.8, 4) is 17.1 Å². The lowest BCUT2D eigenvalue weighted by Gasteiger charge is -2.03. The lowest BCUT2D eigenvalue weighted by molar-refractivity contribution is 0.612. The second-order valence-electron chi connectivity index (χ2n) is 5.82. The monoisotopic (exact) mass is 398 g/mol. The molecule has 132 valence electrons. The van der Waals surface area contributed by atoms with Gasteiger partial charge in [-0.05, 0) is 30.3 Å². The van der Waals surface area contributed by atoms with Gasteiger partial charge in [0.1, 0.15) is 17.8 Å². The molecule has 0 radical (unpaired) electrons. The molecule has 0 amide bonds. The van der Waals surface area contributed by atoms with Crippen LogP contribution in [-0.2, 0) is 0 Å². The maximum atomic E-state index is 14.1. The van der Waals surface area contributed by atoms with Crippen LogP contribution in [0, 0.1) is 5.82 Å². The molecule has 0 fully saturated rings. The molecule has 0 bridgehead atoms. The minimum Gasteiger partial charge on any atom is -0.216 e. The number of rotatable bonds is 2. The molecule has 27 heavy (non-hydrogen) atoms. The molecule has 0 saturated carbocycles. The molecule has 0 saturated heterocycles. The highest BCUT2D eigenvalue weighted by molar-refractivity contribution is 6.36. The maximum Gasteiger partial charge on any atom is 0.183 e. The van der Waals surface area contributed by atoms with E-state index in [1.807, 2.05) is 0 Å². The lowest BCUT2D eigenvalue weighted by atomic mass is 10.2. The molecule has 3 aromatic heterocycles. The van der Waals surface area contributed by atoms with Crippen LogP contribution in [-0.4, -0.2) is 29.4 Å². The Balaban J connectivity index is 1.72. The Hall–Kier alpha value is -3.03. The molecular formula is C18H9Cl2FN6. The van der Waals surface area contributed by atoms with Gasteiger partial charge in [-0.15, -0.1) is 5.10 Å². The normalized spacial score (nSPS) is 11.5. The minimum absolute atomic E-state index is 0.310. The summed E-state index contributed by atoms with van der Waals surface area (Å²) in [5, 5.41) is 10.3. The molecule has 6 nitrogen and oxygen atoms in total. The fourth-order valence-corrected chi connectivity index (χ4v) is 3.40. The summed E-state index contributed by atoms with van der Waals surface area (Å²) in [6.07, 6.45) is 3.10. The number of aromatic nitrogens is 6. The third kappa shape index (κ3) is 2.55. The van der Waals surface area contributed by atoms with E-state index in [-0.39, 0.29) is 5.82 Å². The molecule has 2 aromatic carbocycles. The Morgan fingerprint density at radius 2 is 1.85 bits per heavy atom. The van der Waals surface area contributed by atoms with Gasteiger partial charge >= 0.3 is 0 Å². The molecule has 5 aromatic rings. The first-order valence-electron chi connectivity index (χ1n) is 7.91. The summed E-state index contributed by atoms with van der Waals surface area (Å²) in [4.78, 5) is 8.94. The van der Waals surface area contributed by atoms with Gasteiger partial charge in [-0.1, -0.05) is 35.3 Å². The smallest absolute Gasteiger partial charge is 0.183 e.